The molecule has 180 valence electrons. The molecule has 2 aliphatic heterocycles. The van der Waals surface area contributed by atoms with Crippen LogP contribution in [0.25, 0.3) is 0 Å². The Labute approximate surface area is 194 Å². The van der Waals surface area contributed by atoms with Crippen molar-refractivity contribution in [1.82, 2.24) is 25.2 Å². The Morgan fingerprint density at radius 2 is 1.97 bits per heavy atom. The SMILES string of the molecule is CCN1CCCC1CNc1nc(Nc2ccc(OC)c(F)c2)nc(NC2CCCCNC2)n1. The van der Waals surface area contributed by atoms with Gasteiger partial charge in [-0.05, 0) is 57.5 Å². The molecule has 2 unspecified atom stereocenters. The lowest BCUT2D eigenvalue weighted by atomic mass is 10.1. The van der Waals surface area contributed by atoms with Crippen LogP contribution in [0.5, 0.6) is 5.75 Å². The minimum atomic E-state index is -0.446. The predicted octanol–water partition coefficient (Wildman–Crippen LogP) is 3.21. The van der Waals surface area contributed by atoms with Crippen LogP contribution in [0, 0.1) is 5.82 Å². The molecule has 2 aromatic rings. The lowest BCUT2D eigenvalue weighted by Gasteiger charge is -2.23. The van der Waals surface area contributed by atoms with Crippen LogP contribution < -0.4 is 26.0 Å². The molecule has 33 heavy (non-hydrogen) atoms. The second-order valence-electron chi connectivity index (χ2n) is 8.63. The average Bonchev–Trinajstić information content (AvgIpc) is 3.12. The first-order valence-electron chi connectivity index (χ1n) is 12.0. The fourth-order valence-corrected chi connectivity index (χ4v) is 4.53. The van der Waals surface area contributed by atoms with Gasteiger partial charge in [0.15, 0.2) is 11.6 Å². The molecule has 10 heteroatoms. The van der Waals surface area contributed by atoms with Gasteiger partial charge in [-0.2, -0.15) is 15.0 Å². The Balaban J connectivity index is 1.52. The maximum absolute atomic E-state index is 14.2. The fraction of sp³-hybridized carbons (Fsp3) is 0.609. The Kier molecular flexibility index (Phi) is 8.11. The van der Waals surface area contributed by atoms with Gasteiger partial charge in [0.1, 0.15) is 0 Å². The maximum atomic E-state index is 14.2. The summed E-state index contributed by atoms with van der Waals surface area (Å²) in [6.45, 7) is 7.05. The predicted molar refractivity (Wildman–Crippen MR) is 129 cm³/mol. The van der Waals surface area contributed by atoms with E-state index in [0.717, 1.165) is 45.6 Å². The molecule has 0 spiro atoms. The summed E-state index contributed by atoms with van der Waals surface area (Å²) in [5, 5.41) is 13.4. The molecule has 2 atom stereocenters. The van der Waals surface area contributed by atoms with Gasteiger partial charge in [-0.3, -0.25) is 4.90 Å². The highest BCUT2D eigenvalue weighted by molar-refractivity contribution is 5.57. The highest BCUT2D eigenvalue weighted by Crippen LogP contribution is 2.24. The van der Waals surface area contributed by atoms with E-state index in [9.17, 15) is 4.39 Å². The number of likely N-dealkylation sites (tertiary alicyclic amines) is 1. The van der Waals surface area contributed by atoms with Gasteiger partial charge in [0, 0.05) is 36.9 Å². The standard InChI is InChI=1S/C23H35FN8O/c1-3-32-12-6-8-18(32)15-26-21-29-22(27-16-9-10-20(33-2)19(24)13-16)31-23(30-21)28-17-7-4-5-11-25-14-17/h9-10,13,17-18,25H,3-8,11-12,14-15H2,1-2H3,(H3,26,27,28,29,30,31). The van der Waals surface area contributed by atoms with Gasteiger partial charge in [0.25, 0.3) is 0 Å². The summed E-state index contributed by atoms with van der Waals surface area (Å²) in [6, 6.07) is 5.41. The number of anilines is 4. The highest BCUT2D eigenvalue weighted by atomic mass is 19.1. The van der Waals surface area contributed by atoms with Gasteiger partial charge in [-0.25, -0.2) is 4.39 Å². The van der Waals surface area contributed by atoms with Crippen molar-refractivity contribution < 1.29 is 9.13 Å². The highest BCUT2D eigenvalue weighted by Gasteiger charge is 2.23. The number of aromatic nitrogens is 3. The van der Waals surface area contributed by atoms with Crippen molar-refractivity contribution in [3.63, 3.8) is 0 Å². The monoisotopic (exact) mass is 458 g/mol. The third-order valence-corrected chi connectivity index (χ3v) is 6.32. The molecule has 2 fully saturated rings. The molecule has 0 radical (unpaired) electrons. The smallest absolute Gasteiger partial charge is 0.233 e. The van der Waals surface area contributed by atoms with E-state index in [-0.39, 0.29) is 11.8 Å². The molecule has 0 amide bonds. The molecule has 2 aliphatic rings. The van der Waals surface area contributed by atoms with Crippen LogP contribution in [0.4, 0.5) is 27.9 Å². The molecule has 4 rings (SSSR count). The molecule has 2 saturated heterocycles. The average molecular weight is 459 g/mol. The zero-order valence-corrected chi connectivity index (χ0v) is 19.5. The van der Waals surface area contributed by atoms with Crippen molar-refractivity contribution in [2.24, 2.45) is 0 Å². The topological polar surface area (TPSA) is 99.3 Å². The molecule has 0 bridgehead atoms. The third kappa shape index (κ3) is 6.42. The van der Waals surface area contributed by atoms with E-state index < -0.39 is 5.82 Å². The van der Waals surface area contributed by atoms with Gasteiger partial charge < -0.3 is 26.0 Å². The quantitative estimate of drug-likeness (QED) is 0.451. The molecule has 1 aromatic heterocycles. The Hall–Kier alpha value is -2.72. The molecule has 3 heterocycles. The van der Waals surface area contributed by atoms with Crippen LogP contribution in [0.3, 0.4) is 0 Å². The van der Waals surface area contributed by atoms with Gasteiger partial charge in [0.2, 0.25) is 17.8 Å². The van der Waals surface area contributed by atoms with Gasteiger partial charge in [0.05, 0.1) is 7.11 Å². The first-order valence-corrected chi connectivity index (χ1v) is 12.0. The number of likely N-dealkylation sites (N-methyl/N-ethyl adjacent to an activating group) is 1. The van der Waals surface area contributed by atoms with Crippen molar-refractivity contribution in [2.45, 2.75) is 51.1 Å². The van der Waals surface area contributed by atoms with Crippen molar-refractivity contribution in [2.75, 3.05) is 55.8 Å². The molecule has 1 aromatic carbocycles. The van der Waals surface area contributed by atoms with Crippen LogP contribution >= 0.6 is 0 Å². The van der Waals surface area contributed by atoms with Crippen LogP contribution in [0.2, 0.25) is 0 Å². The van der Waals surface area contributed by atoms with E-state index in [1.165, 1.54) is 32.4 Å². The van der Waals surface area contributed by atoms with Crippen LogP contribution in [-0.2, 0) is 0 Å². The minimum absolute atomic E-state index is 0.193. The van der Waals surface area contributed by atoms with Gasteiger partial charge >= 0.3 is 0 Å². The summed E-state index contributed by atoms with van der Waals surface area (Å²) in [4.78, 5) is 16.2. The molecule has 0 aliphatic carbocycles. The van der Waals surface area contributed by atoms with E-state index in [0.29, 0.717) is 29.6 Å². The van der Waals surface area contributed by atoms with Gasteiger partial charge in [-0.1, -0.05) is 13.3 Å². The van der Waals surface area contributed by atoms with E-state index in [1.807, 2.05) is 0 Å². The van der Waals surface area contributed by atoms with E-state index in [2.05, 4.69) is 48.0 Å². The number of methoxy groups -OCH3 is 1. The number of nitrogens with zero attached hydrogens (tertiary/aromatic N) is 4. The number of nitrogens with one attached hydrogen (secondary N) is 4. The second-order valence-corrected chi connectivity index (χ2v) is 8.63. The zero-order valence-electron chi connectivity index (χ0n) is 19.5. The largest absolute Gasteiger partial charge is 0.494 e. The number of halogens is 1. The summed E-state index contributed by atoms with van der Waals surface area (Å²) in [7, 11) is 1.44. The number of rotatable bonds is 9. The Morgan fingerprint density at radius 3 is 2.79 bits per heavy atom. The van der Waals surface area contributed by atoms with Crippen LogP contribution in [0.1, 0.15) is 39.0 Å². The first-order chi connectivity index (χ1) is 16.1. The number of benzene rings is 1. The molecular formula is C23H35FN8O. The summed E-state index contributed by atoms with van der Waals surface area (Å²) in [5.41, 5.74) is 0.542. The summed E-state index contributed by atoms with van der Waals surface area (Å²) >= 11 is 0. The summed E-state index contributed by atoms with van der Waals surface area (Å²) in [6.07, 6.45) is 5.77. The van der Waals surface area contributed by atoms with Crippen molar-refractivity contribution in [3.8, 4) is 5.75 Å². The third-order valence-electron chi connectivity index (χ3n) is 6.32. The maximum Gasteiger partial charge on any atom is 0.233 e. The van der Waals surface area contributed by atoms with Crippen molar-refractivity contribution in [3.05, 3.63) is 24.0 Å². The van der Waals surface area contributed by atoms with Crippen molar-refractivity contribution >= 4 is 23.5 Å². The summed E-state index contributed by atoms with van der Waals surface area (Å²) < 4.78 is 19.2. The zero-order chi connectivity index (χ0) is 23.0. The molecular weight excluding hydrogens is 423 g/mol. The van der Waals surface area contributed by atoms with Crippen LogP contribution in [-0.4, -0.2) is 71.8 Å². The summed E-state index contributed by atoms with van der Waals surface area (Å²) in [5.74, 6) is 1.13. The van der Waals surface area contributed by atoms with E-state index >= 15 is 0 Å². The first kappa shape index (κ1) is 23.4. The second kappa shape index (κ2) is 11.4. The Morgan fingerprint density at radius 1 is 1.12 bits per heavy atom. The normalized spacial score (nSPS) is 21.4. The number of hydrogen-bond donors (Lipinski definition) is 4. The van der Waals surface area contributed by atoms with Gasteiger partial charge in [-0.15, -0.1) is 0 Å². The van der Waals surface area contributed by atoms with Crippen LogP contribution in [0.15, 0.2) is 18.2 Å². The fourth-order valence-electron chi connectivity index (χ4n) is 4.53. The lowest BCUT2D eigenvalue weighted by Crippen LogP contribution is -2.35. The molecule has 9 nitrogen and oxygen atoms in total. The van der Waals surface area contributed by atoms with E-state index in [4.69, 9.17) is 4.74 Å². The lowest BCUT2D eigenvalue weighted by molar-refractivity contribution is 0.277. The Bertz CT molecular complexity index is 906. The van der Waals surface area contributed by atoms with E-state index in [1.54, 1.807) is 12.1 Å². The van der Waals surface area contributed by atoms with Crippen molar-refractivity contribution in [1.29, 1.82) is 0 Å². The molecule has 4 N–H and O–H groups in total. The minimum Gasteiger partial charge on any atom is -0.494 e. The number of hydrogen-bond acceptors (Lipinski definition) is 9. The molecule has 0 saturated carbocycles. The number of ether oxygens (including phenoxy) is 1.